The fourth-order valence-electron chi connectivity index (χ4n) is 13.3. The maximum Gasteiger partial charge on any atom is 0.311 e. The molecule has 0 radical (unpaired) electrons. The first kappa shape index (κ1) is 32.0. The average molecular weight is 610 g/mol. The third kappa shape index (κ3) is 4.57. The minimum Gasteiger partial charge on any atom is -0.451 e. The fourth-order valence-corrected chi connectivity index (χ4v) is 13.5. The lowest BCUT2D eigenvalue weighted by Gasteiger charge is -2.72. The van der Waals surface area contributed by atoms with Crippen molar-refractivity contribution in [2.24, 2.45) is 57.2 Å². The van der Waals surface area contributed by atoms with Gasteiger partial charge in [0.1, 0.15) is 0 Å². The molecule has 4 nitrogen and oxygen atoms in total. The van der Waals surface area contributed by atoms with Gasteiger partial charge in [0.15, 0.2) is 0 Å². The van der Waals surface area contributed by atoms with Crippen LogP contribution < -0.4 is 5.32 Å². The molecule has 4 fully saturated rings. The smallest absolute Gasteiger partial charge is 0.311 e. The molecule has 5 heteroatoms. The molecule has 0 heterocycles. The number of aliphatic hydroxyl groups excluding tert-OH is 1. The zero-order valence-corrected chi connectivity index (χ0v) is 29.2. The molecule has 240 valence electrons. The highest BCUT2D eigenvalue weighted by Crippen LogP contribution is 2.76. The van der Waals surface area contributed by atoms with Gasteiger partial charge in [-0.3, -0.25) is 4.79 Å². The number of β-amino-alcohol motifs (C(OH)–C–C–N with tert-alkyl or cyclic N) is 1. The molecule has 0 saturated heterocycles. The zero-order chi connectivity index (χ0) is 31.0. The number of carbonyl (C=O) groups excluding carboxylic acids is 1. The van der Waals surface area contributed by atoms with E-state index in [1.807, 2.05) is 0 Å². The lowest BCUT2D eigenvalue weighted by atomic mass is 9.33. The van der Waals surface area contributed by atoms with Gasteiger partial charge < -0.3 is 14.9 Å². The second kappa shape index (κ2) is 11.1. The lowest BCUT2D eigenvalue weighted by molar-refractivity contribution is -0.221. The molecule has 0 aliphatic heterocycles. The highest BCUT2D eigenvalue weighted by atomic mass is 31.0. The van der Waals surface area contributed by atoms with Gasteiger partial charge in [-0.05, 0) is 146 Å². The van der Waals surface area contributed by atoms with E-state index in [0.29, 0.717) is 46.5 Å². The van der Waals surface area contributed by atoms with Crippen LogP contribution in [-0.2, 0) is 9.32 Å². The average Bonchev–Trinajstić information content (AvgIpc) is 3.36. The summed E-state index contributed by atoms with van der Waals surface area (Å²) in [6.45, 7) is 21.0. The summed E-state index contributed by atoms with van der Waals surface area (Å²) >= 11 is 0. The Morgan fingerprint density at radius 3 is 2.42 bits per heavy atom. The van der Waals surface area contributed by atoms with Gasteiger partial charge in [-0.1, -0.05) is 58.9 Å². The van der Waals surface area contributed by atoms with Crippen molar-refractivity contribution >= 4 is 15.4 Å². The van der Waals surface area contributed by atoms with Gasteiger partial charge in [0, 0.05) is 12.1 Å². The van der Waals surface area contributed by atoms with E-state index in [4.69, 9.17) is 4.52 Å². The van der Waals surface area contributed by atoms with Crippen LogP contribution >= 0.6 is 9.47 Å². The molecule has 43 heavy (non-hydrogen) atoms. The Morgan fingerprint density at radius 1 is 1.00 bits per heavy atom. The van der Waals surface area contributed by atoms with Crippen molar-refractivity contribution in [3.63, 3.8) is 0 Å². The summed E-state index contributed by atoms with van der Waals surface area (Å²) < 4.78 is 4.98. The number of hydrogen-bond donors (Lipinski definition) is 2. The van der Waals surface area contributed by atoms with E-state index in [9.17, 15) is 9.90 Å². The number of nitrogens with one attached hydrogen (secondary N) is 1. The normalized spacial score (nSPS) is 46.8. The molecular weight excluding hydrogens is 549 g/mol. The summed E-state index contributed by atoms with van der Waals surface area (Å²) in [5.74, 6) is 3.29. The monoisotopic (exact) mass is 609 g/mol. The Kier molecular flexibility index (Phi) is 8.25. The number of carbonyl (C=O) groups is 1. The quantitative estimate of drug-likeness (QED) is 0.234. The molecule has 6 rings (SSSR count). The minimum absolute atomic E-state index is 0.00236. The van der Waals surface area contributed by atoms with Crippen molar-refractivity contribution in [1.82, 2.24) is 5.32 Å². The Labute approximate surface area is 264 Å². The van der Waals surface area contributed by atoms with Crippen molar-refractivity contribution in [3.05, 3.63) is 35.5 Å². The summed E-state index contributed by atoms with van der Waals surface area (Å²) in [4.78, 5) is 12.2. The predicted octanol–water partition coefficient (Wildman–Crippen LogP) is 8.57. The molecule has 6 aliphatic carbocycles. The largest absolute Gasteiger partial charge is 0.451 e. The van der Waals surface area contributed by atoms with Crippen LogP contribution in [0.2, 0.25) is 0 Å². The highest BCUT2D eigenvalue weighted by molar-refractivity contribution is 7.10. The van der Waals surface area contributed by atoms with Crippen LogP contribution in [0.5, 0.6) is 0 Å². The van der Waals surface area contributed by atoms with Crippen LogP contribution in [-0.4, -0.2) is 29.8 Å². The number of rotatable bonds is 6. The number of aliphatic hydroxyl groups is 1. The first-order valence-corrected chi connectivity index (χ1v) is 18.1. The third-order valence-corrected chi connectivity index (χ3v) is 15.7. The molecule has 6 aliphatic rings. The van der Waals surface area contributed by atoms with Crippen LogP contribution in [0, 0.1) is 57.2 Å². The highest BCUT2D eigenvalue weighted by Gasteiger charge is 2.70. The van der Waals surface area contributed by atoms with Gasteiger partial charge in [0.25, 0.3) is 0 Å². The standard InChI is InChI=1S/C38H60NO3P/c1-24(2)27-14-19-38(39-22-23-40)21-20-36(6)29(32(27)38)12-13-31-35(5)17-15-28(25-8-10-26(11-9-25)33(41)42-43)34(3,4)30(35)16-18-37(31,36)7/h8,15,26-27,29-32,39-40H,1,9-14,16-23,43H2,2-7H3. The topological polar surface area (TPSA) is 58.6 Å². The van der Waals surface area contributed by atoms with E-state index in [1.54, 1.807) is 5.57 Å². The van der Waals surface area contributed by atoms with Crippen LogP contribution in [0.4, 0.5) is 0 Å². The van der Waals surface area contributed by atoms with Gasteiger partial charge in [0.2, 0.25) is 0 Å². The van der Waals surface area contributed by atoms with Gasteiger partial charge >= 0.3 is 5.97 Å². The fraction of sp³-hybridized carbons (Fsp3) is 0.816. The van der Waals surface area contributed by atoms with Crippen molar-refractivity contribution in [1.29, 1.82) is 0 Å². The van der Waals surface area contributed by atoms with Gasteiger partial charge in [-0.2, -0.15) is 0 Å². The van der Waals surface area contributed by atoms with E-state index in [2.05, 4.69) is 75.1 Å². The molecule has 0 aromatic rings. The van der Waals surface area contributed by atoms with Crippen molar-refractivity contribution in [2.45, 2.75) is 124 Å². The van der Waals surface area contributed by atoms with Crippen molar-refractivity contribution < 1.29 is 14.4 Å². The third-order valence-electron chi connectivity index (χ3n) is 15.4. The van der Waals surface area contributed by atoms with Crippen LogP contribution in [0.3, 0.4) is 0 Å². The molecule has 2 N–H and O–H groups in total. The summed E-state index contributed by atoms with van der Waals surface area (Å²) in [5.41, 5.74) is 5.73. The molecule has 0 spiro atoms. The van der Waals surface area contributed by atoms with E-state index < -0.39 is 0 Å². The van der Waals surface area contributed by atoms with E-state index in [-0.39, 0.29) is 29.4 Å². The van der Waals surface area contributed by atoms with Gasteiger partial charge in [-0.15, -0.1) is 0 Å². The summed E-state index contributed by atoms with van der Waals surface area (Å²) in [6.07, 6.45) is 19.3. The number of allylic oxidation sites excluding steroid dienone is 5. The maximum atomic E-state index is 12.2. The molecule has 0 bridgehead atoms. The SMILES string of the molecule is C=C(C)C1CCC2(NCCO)CCC3(C)C(CCC4C5(C)CC=C(C6=CCC(C(=O)OP)CC6)C(C)(C)C5CCC43C)C12. The second-order valence-corrected chi connectivity index (χ2v) is 17.4. The van der Waals surface area contributed by atoms with E-state index in [0.717, 1.165) is 25.2 Å². The summed E-state index contributed by atoms with van der Waals surface area (Å²) in [6, 6.07) is 0. The van der Waals surface area contributed by atoms with Crippen molar-refractivity contribution in [3.8, 4) is 0 Å². The second-order valence-electron chi connectivity index (χ2n) is 17.2. The first-order valence-electron chi connectivity index (χ1n) is 17.6. The number of fused-ring (bicyclic) bond motifs is 7. The molecular formula is C38H60NO3P. The van der Waals surface area contributed by atoms with Gasteiger partial charge in [0.05, 0.1) is 22.0 Å². The zero-order valence-electron chi connectivity index (χ0n) is 28.1. The van der Waals surface area contributed by atoms with Crippen LogP contribution in [0.25, 0.3) is 0 Å². The van der Waals surface area contributed by atoms with Crippen LogP contribution in [0.15, 0.2) is 35.5 Å². The Balaban J connectivity index is 1.31. The van der Waals surface area contributed by atoms with Crippen LogP contribution in [0.1, 0.15) is 119 Å². The Bertz CT molecular complexity index is 1210. The predicted molar refractivity (Wildman–Crippen MR) is 179 cm³/mol. The maximum absolute atomic E-state index is 12.2. The van der Waals surface area contributed by atoms with E-state index in [1.165, 1.54) is 68.9 Å². The lowest BCUT2D eigenvalue weighted by Crippen LogP contribution is -2.68. The molecule has 11 atom stereocenters. The molecule has 0 aromatic heterocycles. The first-order chi connectivity index (χ1) is 20.3. The van der Waals surface area contributed by atoms with E-state index >= 15 is 0 Å². The molecule has 4 saturated carbocycles. The summed E-state index contributed by atoms with van der Waals surface area (Å²) in [5, 5.41) is 13.7. The molecule has 11 unspecified atom stereocenters. The molecule has 0 amide bonds. The number of hydrogen-bond acceptors (Lipinski definition) is 4. The van der Waals surface area contributed by atoms with Gasteiger partial charge in [-0.25, -0.2) is 0 Å². The van der Waals surface area contributed by atoms with Crippen molar-refractivity contribution in [2.75, 3.05) is 13.2 Å². The molecule has 0 aromatic carbocycles. The minimum atomic E-state index is -0.0864. The summed E-state index contributed by atoms with van der Waals surface area (Å²) in [7, 11) is 2.13. The Hall–Kier alpha value is -0.960. The Morgan fingerprint density at radius 2 is 1.77 bits per heavy atom.